The average Bonchev–Trinajstić information content (AvgIpc) is 3.15. The maximum atomic E-state index is 13.5. The van der Waals surface area contributed by atoms with Gasteiger partial charge in [0.25, 0.3) is 5.91 Å². The first kappa shape index (κ1) is 23.2. The molecular formula is C22H17Cl2FN6OS. The molecule has 0 aliphatic carbocycles. The normalized spacial score (nSPS) is 10.9. The number of aromatic nitrogens is 5. The van der Waals surface area contributed by atoms with Gasteiger partial charge < -0.3 is 5.32 Å². The largest absolute Gasteiger partial charge is 0.320 e. The Hall–Kier alpha value is -3.01. The first-order valence-corrected chi connectivity index (χ1v) is 11.5. The molecule has 11 heteroatoms. The van der Waals surface area contributed by atoms with E-state index < -0.39 is 11.7 Å². The third-order valence-electron chi connectivity index (χ3n) is 4.45. The molecule has 2 aromatic heterocycles. The van der Waals surface area contributed by atoms with Crippen LogP contribution < -0.4 is 5.32 Å². The zero-order valence-electron chi connectivity index (χ0n) is 17.5. The fraction of sp³-hybridized carbons (Fsp3) is 0.136. The van der Waals surface area contributed by atoms with E-state index in [9.17, 15) is 9.18 Å². The molecule has 0 aliphatic heterocycles. The van der Waals surface area contributed by atoms with Gasteiger partial charge in [-0.1, -0.05) is 46.2 Å². The van der Waals surface area contributed by atoms with Crippen LogP contribution in [0.4, 0.5) is 10.1 Å². The van der Waals surface area contributed by atoms with Crippen molar-refractivity contribution in [2.75, 3.05) is 5.32 Å². The Labute approximate surface area is 203 Å². The second kappa shape index (κ2) is 9.86. The van der Waals surface area contributed by atoms with Crippen molar-refractivity contribution in [3.63, 3.8) is 0 Å². The molecule has 168 valence electrons. The van der Waals surface area contributed by atoms with Gasteiger partial charge in [0.1, 0.15) is 5.82 Å². The highest BCUT2D eigenvalue weighted by Gasteiger charge is 2.22. The highest BCUT2D eigenvalue weighted by atomic mass is 35.5. The summed E-state index contributed by atoms with van der Waals surface area (Å²) >= 11 is 13.7. The molecule has 4 rings (SSSR count). The van der Waals surface area contributed by atoms with E-state index in [0.717, 1.165) is 11.4 Å². The van der Waals surface area contributed by atoms with Crippen LogP contribution in [0.15, 0.2) is 53.7 Å². The maximum absolute atomic E-state index is 13.5. The number of amides is 1. The summed E-state index contributed by atoms with van der Waals surface area (Å²) in [6, 6.07) is 12.4. The zero-order chi connectivity index (χ0) is 23.5. The van der Waals surface area contributed by atoms with Crippen molar-refractivity contribution in [1.29, 1.82) is 0 Å². The van der Waals surface area contributed by atoms with E-state index in [4.69, 9.17) is 23.2 Å². The molecule has 2 aromatic carbocycles. The van der Waals surface area contributed by atoms with Gasteiger partial charge in [-0.25, -0.2) is 19.0 Å². The van der Waals surface area contributed by atoms with Crippen molar-refractivity contribution < 1.29 is 9.18 Å². The highest BCUT2D eigenvalue weighted by Crippen LogP contribution is 2.27. The summed E-state index contributed by atoms with van der Waals surface area (Å²) in [6.45, 7) is 3.77. The summed E-state index contributed by atoms with van der Waals surface area (Å²) in [6.07, 6.45) is 0. The Bertz CT molecular complexity index is 1310. The number of carbonyl (C=O) groups is 1. The lowest BCUT2D eigenvalue weighted by molar-refractivity contribution is 0.102. The van der Waals surface area contributed by atoms with E-state index in [1.807, 2.05) is 19.9 Å². The third kappa shape index (κ3) is 5.68. The monoisotopic (exact) mass is 502 g/mol. The number of aryl methyl sites for hydroxylation is 2. The molecule has 4 aromatic rings. The van der Waals surface area contributed by atoms with E-state index >= 15 is 0 Å². The fourth-order valence-corrected chi connectivity index (χ4v) is 4.58. The molecule has 0 saturated carbocycles. The minimum absolute atomic E-state index is 0.0761. The Morgan fingerprint density at radius 3 is 2.42 bits per heavy atom. The van der Waals surface area contributed by atoms with Crippen molar-refractivity contribution in [3.8, 4) is 5.69 Å². The summed E-state index contributed by atoms with van der Waals surface area (Å²) < 4.78 is 15.0. The number of hydrogen-bond donors (Lipinski definition) is 1. The van der Waals surface area contributed by atoms with Gasteiger partial charge >= 0.3 is 0 Å². The standard InChI is InChI=1S/C22H17Cl2FN6OS/c1-12-6-13(2)27-22(26-12)33-11-19-20(21(32)28-17-5-3-4-16(25)10-17)29-30-31(19)18-8-14(23)7-15(24)9-18/h3-10H,11H2,1-2H3,(H,28,32). The number of anilines is 1. The van der Waals surface area contributed by atoms with Gasteiger partial charge in [-0.05, 0) is 56.3 Å². The number of rotatable bonds is 6. The summed E-state index contributed by atoms with van der Waals surface area (Å²) in [5.74, 6) is -0.712. The van der Waals surface area contributed by atoms with Crippen molar-refractivity contribution in [2.45, 2.75) is 24.8 Å². The number of nitrogens with one attached hydrogen (secondary N) is 1. The predicted octanol–water partition coefficient (Wildman–Crippen LogP) is 5.66. The van der Waals surface area contributed by atoms with Gasteiger partial charge in [0, 0.05) is 32.9 Å². The van der Waals surface area contributed by atoms with Crippen molar-refractivity contribution >= 4 is 46.6 Å². The first-order chi connectivity index (χ1) is 15.8. The topological polar surface area (TPSA) is 85.6 Å². The number of thioether (sulfide) groups is 1. The predicted molar refractivity (Wildman–Crippen MR) is 127 cm³/mol. The first-order valence-electron chi connectivity index (χ1n) is 9.71. The Balaban J connectivity index is 1.71. The lowest BCUT2D eigenvalue weighted by Crippen LogP contribution is -2.15. The molecule has 0 saturated heterocycles. The molecule has 2 heterocycles. The highest BCUT2D eigenvalue weighted by molar-refractivity contribution is 7.98. The van der Waals surface area contributed by atoms with Crippen LogP contribution in [0.25, 0.3) is 5.69 Å². The molecule has 0 spiro atoms. The van der Waals surface area contributed by atoms with E-state index in [0.29, 0.717) is 32.3 Å². The van der Waals surface area contributed by atoms with Crippen LogP contribution in [0.3, 0.4) is 0 Å². The van der Waals surface area contributed by atoms with E-state index in [1.165, 1.54) is 34.6 Å². The Morgan fingerprint density at radius 1 is 1.06 bits per heavy atom. The number of carbonyl (C=O) groups excluding carboxylic acids is 1. The van der Waals surface area contributed by atoms with Gasteiger partial charge in [0.15, 0.2) is 10.9 Å². The number of nitrogens with zero attached hydrogens (tertiary/aromatic N) is 5. The van der Waals surface area contributed by atoms with Crippen LogP contribution in [0.2, 0.25) is 10.0 Å². The molecule has 1 amide bonds. The lowest BCUT2D eigenvalue weighted by atomic mass is 10.2. The number of halogens is 3. The van der Waals surface area contributed by atoms with Crippen molar-refractivity contribution in [3.05, 3.63) is 87.2 Å². The second-order valence-electron chi connectivity index (χ2n) is 7.11. The molecular weight excluding hydrogens is 486 g/mol. The van der Waals surface area contributed by atoms with Gasteiger partial charge in [0.05, 0.1) is 11.4 Å². The summed E-state index contributed by atoms with van der Waals surface area (Å²) in [4.78, 5) is 21.9. The quantitative estimate of drug-likeness (QED) is 0.270. The fourth-order valence-electron chi connectivity index (χ4n) is 3.12. The minimum Gasteiger partial charge on any atom is -0.320 e. The third-order valence-corrected chi connectivity index (χ3v) is 5.75. The molecule has 0 unspecified atom stereocenters. The van der Waals surface area contributed by atoms with E-state index in [2.05, 4.69) is 25.6 Å². The molecule has 0 radical (unpaired) electrons. The van der Waals surface area contributed by atoms with Crippen LogP contribution in [0.1, 0.15) is 27.6 Å². The average molecular weight is 503 g/mol. The number of benzene rings is 2. The summed E-state index contributed by atoms with van der Waals surface area (Å²) in [5, 5.41) is 12.3. The lowest BCUT2D eigenvalue weighted by Gasteiger charge is -2.10. The van der Waals surface area contributed by atoms with E-state index in [-0.39, 0.29) is 11.4 Å². The zero-order valence-corrected chi connectivity index (χ0v) is 19.8. The van der Waals surface area contributed by atoms with Crippen LogP contribution in [-0.2, 0) is 5.75 Å². The second-order valence-corrected chi connectivity index (χ2v) is 8.93. The molecule has 33 heavy (non-hydrogen) atoms. The minimum atomic E-state index is -0.531. The van der Waals surface area contributed by atoms with Crippen LogP contribution in [0, 0.1) is 19.7 Å². The SMILES string of the molecule is Cc1cc(C)nc(SCc2c(C(=O)Nc3cccc(F)c3)nnn2-c2cc(Cl)cc(Cl)c2)n1. The molecule has 0 aliphatic rings. The Morgan fingerprint density at radius 2 is 1.76 bits per heavy atom. The van der Waals surface area contributed by atoms with Crippen LogP contribution in [-0.4, -0.2) is 30.9 Å². The van der Waals surface area contributed by atoms with Crippen molar-refractivity contribution in [2.24, 2.45) is 0 Å². The molecule has 1 N–H and O–H groups in total. The summed E-state index contributed by atoms with van der Waals surface area (Å²) in [7, 11) is 0. The molecule has 0 atom stereocenters. The maximum Gasteiger partial charge on any atom is 0.278 e. The summed E-state index contributed by atoms with van der Waals surface area (Å²) in [5.41, 5.74) is 3.07. The van der Waals surface area contributed by atoms with Gasteiger partial charge in [-0.15, -0.1) is 5.10 Å². The van der Waals surface area contributed by atoms with Crippen LogP contribution >= 0.6 is 35.0 Å². The van der Waals surface area contributed by atoms with Gasteiger partial charge in [-0.3, -0.25) is 4.79 Å². The smallest absolute Gasteiger partial charge is 0.278 e. The Kier molecular flexibility index (Phi) is 6.92. The number of hydrogen-bond acceptors (Lipinski definition) is 6. The molecule has 0 fully saturated rings. The van der Waals surface area contributed by atoms with Crippen LogP contribution in [0.5, 0.6) is 0 Å². The van der Waals surface area contributed by atoms with Gasteiger partial charge in [0.2, 0.25) is 0 Å². The van der Waals surface area contributed by atoms with Crippen molar-refractivity contribution in [1.82, 2.24) is 25.0 Å². The molecule has 0 bridgehead atoms. The molecule has 7 nitrogen and oxygen atoms in total. The van der Waals surface area contributed by atoms with Gasteiger partial charge in [-0.2, -0.15) is 0 Å². The van der Waals surface area contributed by atoms with E-state index in [1.54, 1.807) is 24.3 Å².